The van der Waals surface area contributed by atoms with Crippen LogP contribution in [0.1, 0.15) is 31.0 Å². The summed E-state index contributed by atoms with van der Waals surface area (Å²) in [6, 6.07) is 2.99. The highest BCUT2D eigenvalue weighted by molar-refractivity contribution is 5.93. The molecule has 1 heterocycles. The number of carbonyl (C=O) groups excluding carboxylic acids is 2. The summed E-state index contributed by atoms with van der Waals surface area (Å²) in [5, 5.41) is 7.42. The molecule has 24 heavy (non-hydrogen) atoms. The topological polar surface area (TPSA) is 70.2 Å². The molecule has 0 spiro atoms. The molecule has 2 rings (SSSR count). The third kappa shape index (κ3) is 4.84. The van der Waals surface area contributed by atoms with Crippen LogP contribution < -0.4 is 16.0 Å². The van der Waals surface area contributed by atoms with Crippen molar-refractivity contribution in [2.45, 2.75) is 37.7 Å². The summed E-state index contributed by atoms with van der Waals surface area (Å²) in [6.07, 6.45) is -6.11. The van der Waals surface area contributed by atoms with Gasteiger partial charge in [-0.15, -0.1) is 0 Å². The summed E-state index contributed by atoms with van der Waals surface area (Å²) >= 11 is 0. The van der Waals surface area contributed by atoms with Crippen molar-refractivity contribution in [3.05, 3.63) is 29.8 Å². The molecule has 132 valence electrons. The second-order valence-electron chi connectivity index (χ2n) is 5.47. The van der Waals surface area contributed by atoms with Gasteiger partial charge in [0.25, 0.3) is 0 Å². The van der Waals surface area contributed by atoms with Crippen LogP contribution in [0, 0.1) is 0 Å². The first-order valence-electron chi connectivity index (χ1n) is 7.43. The van der Waals surface area contributed by atoms with Gasteiger partial charge in [-0.25, -0.2) is 9.18 Å². The number of alkyl halides is 4. The lowest BCUT2D eigenvalue weighted by Crippen LogP contribution is -2.47. The monoisotopic (exact) mass is 347 g/mol. The molecule has 0 bridgehead atoms. The fraction of sp³-hybridized carbons (Fsp3) is 0.467. The van der Waals surface area contributed by atoms with E-state index in [2.05, 4.69) is 16.0 Å². The Hall–Kier alpha value is -2.32. The molecule has 3 N–H and O–H groups in total. The van der Waals surface area contributed by atoms with Crippen LogP contribution in [0.4, 0.5) is 28.0 Å². The molecule has 1 aromatic carbocycles. The Morgan fingerprint density at radius 1 is 1.29 bits per heavy atom. The summed E-state index contributed by atoms with van der Waals surface area (Å²) in [4.78, 5) is 23.6. The van der Waals surface area contributed by atoms with Gasteiger partial charge in [0.1, 0.15) is 6.04 Å². The number of urea groups is 1. The Morgan fingerprint density at radius 3 is 2.75 bits per heavy atom. The van der Waals surface area contributed by atoms with Crippen molar-refractivity contribution in [3.63, 3.8) is 0 Å². The number of halogens is 4. The Balaban J connectivity index is 2.00. The van der Waals surface area contributed by atoms with Crippen molar-refractivity contribution in [2.75, 3.05) is 11.9 Å². The number of benzene rings is 1. The zero-order valence-electron chi connectivity index (χ0n) is 12.6. The molecular weight excluding hydrogens is 330 g/mol. The Morgan fingerprint density at radius 2 is 2.04 bits per heavy atom. The van der Waals surface area contributed by atoms with Gasteiger partial charge in [-0.1, -0.05) is 12.1 Å². The molecule has 1 aliphatic rings. The van der Waals surface area contributed by atoms with Gasteiger partial charge in [0, 0.05) is 12.2 Å². The molecule has 9 heteroatoms. The van der Waals surface area contributed by atoms with Crippen molar-refractivity contribution in [3.8, 4) is 0 Å². The highest BCUT2D eigenvalue weighted by atomic mass is 19.4. The van der Waals surface area contributed by atoms with E-state index in [1.807, 2.05) is 0 Å². The highest BCUT2D eigenvalue weighted by Gasteiger charge is 2.41. The fourth-order valence-electron chi connectivity index (χ4n) is 2.37. The van der Waals surface area contributed by atoms with Crippen molar-refractivity contribution in [2.24, 2.45) is 0 Å². The first kappa shape index (κ1) is 18.0. The Labute approximate surface area is 135 Å². The zero-order chi connectivity index (χ0) is 17.7. The third-order valence-electron chi connectivity index (χ3n) is 3.57. The van der Waals surface area contributed by atoms with Crippen LogP contribution in [0.25, 0.3) is 0 Å². The quantitative estimate of drug-likeness (QED) is 0.736. The third-order valence-corrected chi connectivity index (χ3v) is 3.57. The van der Waals surface area contributed by atoms with E-state index < -0.39 is 30.0 Å². The second kappa shape index (κ2) is 7.50. The Bertz CT molecular complexity index is 607. The average Bonchev–Trinajstić information content (AvgIpc) is 2.71. The van der Waals surface area contributed by atoms with Crippen molar-refractivity contribution >= 4 is 17.6 Å². The van der Waals surface area contributed by atoms with E-state index in [4.69, 9.17) is 0 Å². The van der Waals surface area contributed by atoms with E-state index >= 15 is 0 Å². The SMILES string of the molecule is O=C(Nc1cccc(C(F)C(F)(F)F)c1)NC1CCCCNC1=O. The molecule has 0 aromatic heterocycles. The summed E-state index contributed by atoms with van der Waals surface area (Å²) in [6.45, 7) is 0.538. The first-order chi connectivity index (χ1) is 11.3. The van der Waals surface area contributed by atoms with Crippen LogP contribution in [0.2, 0.25) is 0 Å². The van der Waals surface area contributed by atoms with Gasteiger partial charge < -0.3 is 16.0 Å². The number of hydrogen-bond acceptors (Lipinski definition) is 2. The van der Waals surface area contributed by atoms with E-state index in [0.717, 1.165) is 25.0 Å². The van der Waals surface area contributed by atoms with Gasteiger partial charge in [-0.3, -0.25) is 4.79 Å². The van der Waals surface area contributed by atoms with Crippen LogP contribution in [0.5, 0.6) is 0 Å². The summed E-state index contributed by atoms with van der Waals surface area (Å²) in [5.41, 5.74) is -0.599. The minimum Gasteiger partial charge on any atom is -0.354 e. The second-order valence-corrected chi connectivity index (χ2v) is 5.47. The van der Waals surface area contributed by atoms with E-state index in [1.54, 1.807) is 0 Å². The van der Waals surface area contributed by atoms with Crippen molar-refractivity contribution < 1.29 is 27.2 Å². The van der Waals surface area contributed by atoms with E-state index in [-0.39, 0.29) is 11.6 Å². The molecule has 1 fully saturated rings. The predicted molar refractivity (Wildman–Crippen MR) is 79.1 cm³/mol. The minimum absolute atomic E-state index is 0.00549. The zero-order valence-corrected chi connectivity index (χ0v) is 12.6. The summed E-state index contributed by atoms with van der Waals surface area (Å²) in [7, 11) is 0. The van der Waals surface area contributed by atoms with E-state index in [1.165, 1.54) is 12.1 Å². The van der Waals surface area contributed by atoms with E-state index in [9.17, 15) is 27.2 Å². The van der Waals surface area contributed by atoms with Crippen LogP contribution in [-0.2, 0) is 4.79 Å². The first-order valence-corrected chi connectivity index (χ1v) is 7.43. The smallest absolute Gasteiger partial charge is 0.354 e. The summed E-state index contributed by atoms with van der Waals surface area (Å²) in [5.74, 6) is -0.308. The van der Waals surface area contributed by atoms with Gasteiger partial charge in [0.05, 0.1) is 0 Å². The van der Waals surface area contributed by atoms with Gasteiger partial charge in [-0.05, 0) is 37.0 Å². The predicted octanol–water partition coefficient (Wildman–Crippen LogP) is 3.05. The standard InChI is InChI=1S/C15H17F4N3O2/c16-12(15(17,18)19)9-4-3-5-10(8-9)21-14(24)22-11-6-1-2-7-20-13(11)23/h3-5,8,11-12H,1-2,6-7H2,(H,20,23)(H2,21,22,24). The van der Waals surface area contributed by atoms with Gasteiger partial charge >= 0.3 is 12.2 Å². The van der Waals surface area contributed by atoms with Crippen LogP contribution in [0.3, 0.4) is 0 Å². The number of anilines is 1. The normalized spacial score (nSPS) is 19.8. The van der Waals surface area contributed by atoms with Crippen molar-refractivity contribution in [1.29, 1.82) is 0 Å². The molecule has 0 radical (unpaired) electrons. The molecule has 2 unspecified atom stereocenters. The summed E-state index contributed by atoms with van der Waals surface area (Å²) < 4.78 is 50.5. The molecule has 1 aliphatic heterocycles. The lowest BCUT2D eigenvalue weighted by atomic mass is 10.1. The van der Waals surface area contributed by atoms with Gasteiger partial charge in [0.15, 0.2) is 0 Å². The Kier molecular flexibility index (Phi) is 5.63. The lowest BCUT2D eigenvalue weighted by molar-refractivity contribution is -0.182. The van der Waals surface area contributed by atoms with Crippen LogP contribution in [-0.4, -0.2) is 30.7 Å². The number of nitrogens with one attached hydrogen (secondary N) is 3. The number of hydrogen-bond donors (Lipinski definition) is 3. The van der Waals surface area contributed by atoms with Crippen LogP contribution >= 0.6 is 0 Å². The fourth-order valence-corrected chi connectivity index (χ4v) is 2.37. The number of rotatable bonds is 3. The minimum atomic E-state index is -5.01. The maximum Gasteiger partial charge on any atom is 0.423 e. The molecule has 5 nitrogen and oxygen atoms in total. The lowest BCUT2D eigenvalue weighted by Gasteiger charge is -2.17. The maximum atomic E-state index is 13.3. The number of amides is 3. The van der Waals surface area contributed by atoms with Gasteiger partial charge in [-0.2, -0.15) is 13.2 Å². The number of carbonyl (C=O) groups is 2. The molecule has 1 saturated heterocycles. The van der Waals surface area contributed by atoms with E-state index in [0.29, 0.717) is 13.0 Å². The van der Waals surface area contributed by atoms with Crippen LogP contribution in [0.15, 0.2) is 24.3 Å². The molecule has 0 aliphatic carbocycles. The van der Waals surface area contributed by atoms with Crippen molar-refractivity contribution in [1.82, 2.24) is 10.6 Å². The molecule has 0 saturated carbocycles. The molecule has 2 atom stereocenters. The highest BCUT2D eigenvalue weighted by Crippen LogP contribution is 2.36. The molecule has 3 amide bonds. The van der Waals surface area contributed by atoms with Gasteiger partial charge in [0.2, 0.25) is 12.1 Å². The average molecular weight is 347 g/mol. The molecular formula is C15H17F4N3O2. The largest absolute Gasteiger partial charge is 0.423 e. The molecule has 1 aromatic rings. The maximum absolute atomic E-state index is 13.3.